The summed E-state index contributed by atoms with van der Waals surface area (Å²) in [6, 6.07) is 5.69. The lowest BCUT2D eigenvalue weighted by Gasteiger charge is -2.33. The first-order chi connectivity index (χ1) is 7.26. The number of nitrogens with two attached hydrogens (primary N) is 1. The number of nitrogens with zero attached hydrogens (tertiary/aromatic N) is 1. The van der Waals surface area contributed by atoms with Crippen molar-refractivity contribution in [2.24, 2.45) is 5.73 Å². The van der Waals surface area contributed by atoms with E-state index in [1.54, 1.807) is 6.20 Å². The number of pyridine rings is 1. The third-order valence-corrected chi connectivity index (χ3v) is 3.33. The molecule has 88 valence electrons. The van der Waals surface area contributed by atoms with E-state index < -0.39 is 5.41 Å². The van der Waals surface area contributed by atoms with Crippen LogP contribution in [0.1, 0.15) is 37.8 Å². The minimum Gasteiger partial charge on any atom is -0.369 e. The molecule has 1 aromatic heterocycles. The number of hydrogen-bond acceptors (Lipinski definition) is 2. The molecule has 1 aliphatic carbocycles. The van der Waals surface area contributed by atoms with Crippen LogP contribution in [0.4, 0.5) is 0 Å². The van der Waals surface area contributed by atoms with E-state index in [0.29, 0.717) is 0 Å². The van der Waals surface area contributed by atoms with Gasteiger partial charge in [0.05, 0.1) is 11.1 Å². The fourth-order valence-electron chi connectivity index (χ4n) is 2.43. The lowest BCUT2D eigenvalue weighted by molar-refractivity contribution is -0.124. The maximum absolute atomic E-state index is 11.7. The van der Waals surface area contributed by atoms with E-state index in [9.17, 15) is 4.79 Å². The molecule has 2 N–H and O–H groups in total. The summed E-state index contributed by atoms with van der Waals surface area (Å²) in [5.41, 5.74) is 5.90. The van der Waals surface area contributed by atoms with E-state index in [-0.39, 0.29) is 18.3 Å². The number of aromatic nitrogens is 1. The smallest absolute Gasteiger partial charge is 0.229 e. The number of hydrogen-bond donors (Lipinski definition) is 1. The molecule has 2 rings (SSSR count). The van der Waals surface area contributed by atoms with Crippen molar-refractivity contribution in [1.29, 1.82) is 0 Å². The highest BCUT2D eigenvalue weighted by Gasteiger charge is 2.40. The maximum Gasteiger partial charge on any atom is 0.229 e. The van der Waals surface area contributed by atoms with Crippen LogP contribution in [-0.2, 0) is 10.2 Å². The standard InChI is InChI=1S/C12H16N2O.ClH/c13-11(15)12(7-3-1-4-8-12)10-6-2-5-9-14-10;/h2,5-6,9H,1,3-4,7-8H2,(H2,13,15);1H. The molecule has 0 aliphatic heterocycles. The van der Waals surface area contributed by atoms with Gasteiger partial charge in [0.1, 0.15) is 0 Å². The van der Waals surface area contributed by atoms with Crippen LogP contribution in [0.3, 0.4) is 0 Å². The van der Waals surface area contributed by atoms with Crippen LogP contribution in [0, 0.1) is 0 Å². The van der Waals surface area contributed by atoms with E-state index >= 15 is 0 Å². The topological polar surface area (TPSA) is 56.0 Å². The van der Waals surface area contributed by atoms with Gasteiger partial charge in [0.15, 0.2) is 0 Å². The first-order valence-corrected chi connectivity index (χ1v) is 5.47. The monoisotopic (exact) mass is 240 g/mol. The predicted molar refractivity (Wildman–Crippen MR) is 65.4 cm³/mol. The van der Waals surface area contributed by atoms with E-state index in [1.165, 1.54) is 6.42 Å². The first-order valence-electron chi connectivity index (χ1n) is 5.47. The molecular formula is C12H17ClN2O. The van der Waals surface area contributed by atoms with Gasteiger partial charge in [-0.15, -0.1) is 12.4 Å². The van der Waals surface area contributed by atoms with Crippen LogP contribution in [0.5, 0.6) is 0 Å². The van der Waals surface area contributed by atoms with Crippen molar-refractivity contribution in [3.05, 3.63) is 30.1 Å². The van der Waals surface area contributed by atoms with Crippen LogP contribution in [0.15, 0.2) is 24.4 Å². The van der Waals surface area contributed by atoms with Crippen LogP contribution >= 0.6 is 12.4 Å². The van der Waals surface area contributed by atoms with Crippen molar-refractivity contribution in [3.8, 4) is 0 Å². The van der Waals surface area contributed by atoms with Gasteiger partial charge in [-0.05, 0) is 25.0 Å². The molecule has 0 radical (unpaired) electrons. The average molecular weight is 241 g/mol. The summed E-state index contributed by atoms with van der Waals surface area (Å²) < 4.78 is 0. The molecule has 1 amide bonds. The van der Waals surface area contributed by atoms with Crippen LogP contribution in [0.2, 0.25) is 0 Å². The lowest BCUT2D eigenvalue weighted by Crippen LogP contribution is -2.43. The van der Waals surface area contributed by atoms with Crippen molar-refractivity contribution >= 4 is 18.3 Å². The van der Waals surface area contributed by atoms with Gasteiger partial charge >= 0.3 is 0 Å². The Morgan fingerprint density at radius 3 is 2.44 bits per heavy atom. The third-order valence-electron chi connectivity index (χ3n) is 3.33. The van der Waals surface area contributed by atoms with Crippen LogP contribution in [-0.4, -0.2) is 10.9 Å². The number of halogens is 1. The van der Waals surface area contributed by atoms with Gasteiger partial charge in [-0.25, -0.2) is 0 Å². The molecule has 1 saturated carbocycles. The molecule has 1 aromatic rings. The second kappa shape index (κ2) is 5.30. The molecule has 1 fully saturated rings. The van der Waals surface area contributed by atoms with Crippen LogP contribution < -0.4 is 5.73 Å². The molecule has 0 atom stereocenters. The van der Waals surface area contributed by atoms with Gasteiger partial charge in [0, 0.05) is 6.20 Å². The Bertz CT molecular complexity index is 347. The zero-order valence-electron chi connectivity index (χ0n) is 9.19. The number of carbonyl (C=O) groups is 1. The lowest BCUT2D eigenvalue weighted by atomic mass is 9.71. The Hall–Kier alpha value is -1.09. The summed E-state index contributed by atoms with van der Waals surface area (Å²) in [4.78, 5) is 16.0. The minimum absolute atomic E-state index is 0. The molecule has 0 unspecified atom stereocenters. The van der Waals surface area contributed by atoms with Crippen molar-refractivity contribution in [2.75, 3.05) is 0 Å². The molecule has 4 heteroatoms. The SMILES string of the molecule is Cl.NC(=O)C1(c2ccccn2)CCCCC1. The zero-order chi connectivity index (χ0) is 10.7. The van der Waals surface area contributed by atoms with E-state index in [1.807, 2.05) is 18.2 Å². The number of carbonyl (C=O) groups excluding carboxylic acids is 1. The number of rotatable bonds is 2. The van der Waals surface area contributed by atoms with Gasteiger partial charge in [0.2, 0.25) is 5.91 Å². The average Bonchev–Trinajstić information content (AvgIpc) is 2.31. The van der Waals surface area contributed by atoms with E-state index in [4.69, 9.17) is 5.73 Å². The van der Waals surface area contributed by atoms with Crippen molar-refractivity contribution in [1.82, 2.24) is 4.98 Å². The summed E-state index contributed by atoms with van der Waals surface area (Å²) in [5.74, 6) is -0.221. The summed E-state index contributed by atoms with van der Waals surface area (Å²) in [6.07, 6.45) is 6.76. The molecule has 0 aromatic carbocycles. The molecule has 0 saturated heterocycles. The Morgan fingerprint density at radius 2 is 1.94 bits per heavy atom. The molecule has 3 nitrogen and oxygen atoms in total. The second-order valence-electron chi connectivity index (χ2n) is 4.22. The fraction of sp³-hybridized carbons (Fsp3) is 0.500. The highest BCUT2D eigenvalue weighted by Crippen LogP contribution is 2.37. The minimum atomic E-state index is -0.500. The fourth-order valence-corrected chi connectivity index (χ4v) is 2.43. The van der Waals surface area contributed by atoms with Crippen molar-refractivity contribution in [3.63, 3.8) is 0 Å². The summed E-state index contributed by atoms with van der Waals surface area (Å²) in [7, 11) is 0. The number of primary amides is 1. The van der Waals surface area contributed by atoms with Crippen molar-refractivity contribution < 1.29 is 4.79 Å². The maximum atomic E-state index is 11.7. The van der Waals surface area contributed by atoms with Gasteiger partial charge in [0.25, 0.3) is 0 Å². The highest BCUT2D eigenvalue weighted by atomic mass is 35.5. The van der Waals surface area contributed by atoms with Gasteiger partial charge < -0.3 is 5.73 Å². The third kappa shape index (κ3) is 2.19. The highest BCUT2D eigenvalue weighted by molar-refractivity contribution is 5.86. The van der Waals surface area contributed by atoms with Gasteiger partial charge in [-0.1, -0.05) is 25.3 Å². The summed E-state index contributed by atoms with van der Waals surface area (Å²) in [6.45, 7) is 0. The van der Waals surface area contributed by atoms with Gasteiger partial charge in [-0.3, -0.25) is 9.78 Å². The van der Waals surface area contributed by atoms with Crippen molar-refractivity contribution in [2.45, 2.75) is 37.5 Å². The molecule has 16 heavy (non-hydrogen) atoms. The van der Waals surface area contributed by atoms with E-state index in [2.05, 4.69) is 4.98 Å². The quantitative estimate of drug-likeness (QED) is 0.862. The Balaban J connectivity index is 0.00000128. The molecule has 0 bridgehead atoms. The molecule has 0 spiro atoms. The van der Waals surface area contributed by atoms with Gasteiger partial charge in [-0.2, -0.15) is 0 Å². The zero-order valence-corrected chi connectivity index (χ0v) is 10.0. The Kier molecular flexibility index (Phi) is 4.30. The van der Waals surface area contributed by atoms with E-state index in [0.717, 1.165) is 31.4 Å². The Labute approximate surface area is 102 Å². The molecule has 1 aliphatic rings. The number of amides is 1. The first kappa shape index (κ1) is 13.0. The predicted octanol–water partition coefficient (Wildman–Crippen LogP) is 2.19. The van der Waals surface area contributed by atoms with Crippen LogP contribution in [0.25, 0.3) is 0 Å². The summed E-state index contributed by atoms with van der Waals surface area (Å²) in [5, 5.41) is 0. The molecule has 1 heterocycles. The normalized spacial score (nSPS) is 18.5. The molecular weight excluding hydrogens is 224 g/mol. The largest absolute Gasteiger partial charge is 0.369 e. The summed E-state index contributed by atoms with van der Waals surface area (Å²) >= 11 is 0. The Morgan fingerprint density at radius 1 is 1.25 bits per heavy atom. The second-order valence-corrected chi connectivity index (χ2v) is 4.22.